The molecule has 2 aliphatic rings. The molecule has 1 saturated heterocycles. The van der Waals surface area contributed by atoms with Crippen LogP contribution in [0.25, 0.3) is 0 Å². The molecule has 29 heavy (non-hydrogen) atoms. The van der Waals surface area contributed by atoms with Gasteiger partial charge in [0.15, 0.2) is 5.96 Å². The Labute approximate surface area is 179 Å². The fourth-order valence-electron chi connectivity index (χ4n) is 4.27. The second-order valence-electron chi connectivity index (χ2n) is 8.10. The van der Waals surface area contributed by atoms with E-state index in [0.29, 0.717) is 11.8 Å². The van der Waals surface area contributed by atoms with Crippen LogP contribution in [0.3, 0.4) is 0 Å². The van der Waals surface area contributed by atoms with Gasteiger partial charge in [-0.25, -0.2) is 0 Å². The second kappa shape index (κ2) is 10.8. The Bertz CT molecular complexity index is 679. The number of nitrogens with zero attached hydrogens (tertiary/aromatic N) is 4. The van der Waals surface area contributed by atoms with Crippen molar-refractivity contribution in [3.63, 3.8) is 0 Å². The minimum absolute atomic E-state index is 0.294. The quantitative estimate of drug-likeness (QED) is 0.569. The normalized spacial score (nSPS) is 18.9. The number of piperazine rings is 1. The highest BCUT2D eigenvalue weighted by Gasteiger charge is 2.29. The van der Waals surface area contributed by atoms with E-state index in [2.05, 4.69) is 25.0 Å². The van der Waals surface area contributed by atoms with Crippen LogP contribution in [0.5, 0.6) is 0 Å². The topological polar surface area (TPSA) is 51.2 Å². The van der Waals surface area contributed by atoms with Gasteiger partial charge in [-0.15, -0.1) is 0 Å². The summed E-state index contributed by atoms with van der Waals surface area (Å²) >= 11 is 5.96. The Morgan fingerprint density at radius 3 is 2.45 bits per heavy atom. The van der Waals surface area contributed by atoms with Crippen molar-refractivity contribution in [1.29, 1.82) is 0 Å². The predicted octanol–water partition coefficient (Wildman–Crippen LogP) is 2.68. The molecule has 160 valence electrons. The summed E-state index contributed by atoms with van der Waals surface area (Å²) in [5.41, 5.74) is 1.20. The maximum absolute atomic E-state index is 12.6. The lowest BCUT2D eigenvalue weighted by Gasteiger charge is -2.36. The molecule has 1 saturated carbocycles. The van der Waals surface area contributed by atoms with Gasteiger partial charge in [-0.3, -0.25) is 14.7 Å². The molecule has 0 aromatic heterocycles. The van der Waals surface area contributed by atoms with E-state index >= 15 is 0 Å². The van der Waals surface area contributed by atoms with Crippen LogP contribution in [0, 0.1) is 5.92 Å². The third kappa shape index (κ3) is 6.34. The molecule has 1 amide bonds. The highest BCUT2D eigenvalue weighted by atomic mass is 35.5. The van der Waals surface area contributed by atoms with Crippen molar-refractivity contribution < 1.29 is 4.79 Å². The molecule has 1 N–H and O–H groups in total. The van der Waals surface area contributed by atoms with E-state index in [9.17, 15) is 4.79 Å². The molecule has 0 spiro atoms. The summed E-state index contributed by atoms with van der Waals surface area (Å²) in [6.07, 6.45) is 4.61. The van der Waals surface area contributed by atoms with E-state index in [1.807, 2.05) is 38.4 Å². The van der Waals surface area contributed by atoms with Crippen molar-refractivity contribution >= 4 is 23.5 Å². The summed E-state index contributed by atoms with van der Waals surface area (Å²) in [5.74, 6) is 1.57. The first-order chi connectivity index (χ1) is 14.1. The van der Waals surface area contributed by atoms with Crippen molar-refractivity contribution in [1.82, 2.24) is 20.0 Å². The average Bonchev–Trinajstić information content (AvgIpc) is 3.27. The summed E-state index contributed by atoms with van der Waals surface area (Å²) < 4.78 is 0. The third-order valence-corrected chi connectivity index (χ3v) is 6.26. The molecule has 1 heterocycles. The van der Waals surface area contributed by atoms with E-state index in [4.69, 9.17) is 11.6 Å². The zero-order chi connectivity index (χ0) is 20.6. The van der Waals surface area contributed by atoms with Gasteiger partial charge in [0.2, 0.25) is 5.91 Å². The summed E-state index contributed by atoms with van der Waals surface area (Å²) in [6.45, 7) is 6.21. The monoisotopic (exact) mass is 419 g/mol. The zero-order valence-electron chi connectivity index (χ0n) is 17.7. The largest absolute Gasteiger partial charge is 0.355 e. The summed E-state index contributed by atoms with van der Waals surface area (Å²) in [7, 11) is 3.85. The fraction of sp³-hybridized carbons (Fsp3) is 0.636. The Hall–Kier alpha value is -1.79. The molecule has 1 aliphatic carbocycles. The maximum Gasteiger partial charge on any atom is 0.225 e. The van der Waals surface area contributed by atoms with E-state index in [-0.39, 0.29) is 0 Å². The minimum atomic E-state index is 0.294. The van der Waals surface area contributed by atoms with Gasteiger partial charge in [0.1, 0.15) is 0 Å². The SMILES string of the molecule is CN=C(NCCN1CCN(C(=O)C2CCCC2)CC1)N(C)Cc1ccc(Cl)cc1. The van der Waals surface area contributed by atoms with Crippen LogP contribution < -0.4 is 5.32 Å². The fourth-order valence-corrected chi connectivity index (χ4v) is 4.40. The molecule has 1 aliphatic heterocycles. The van der Waals surface area contributed by atoms with Crippen molar-refractivity contribution in [2.45, 2.75) is 32.2 Å². The molecule has 1 aromatic carbocycles. The van der Waals surface area contributed by atoms with E-state index in [1.54, 1.807) is 0 Å². The molecular weight excluding hydrogens is 386 g/mol. The van der Waals surface area contributed by atoms with Gasteiger partial charge in [0, 0.05) is 70.8 Å². The summed E-state index contributed by atoms with van der Waals surface area (Å²) in [5, 5.41) is 4.21. The number of rotatable bonds is 6. The molecule has 3 rings (SSSR count). The average molecular weight is 420 g/mol. The first-order valence-corrected chi connectivity index (χ1v) is 11.1. The van der Waals surface area contributed by atoms with Gasteiger partial charge < -0.3 is 15.1 Å². The van der Waals surface area contributed by atoms with Gasteiger partial charge in [0.25, 0.3) is 0 Å². The Morgan fingerprint density at radius 2 is 1.83 bits per heavy atom. The highest BCUT2D eigenvalue weighted by Crippen LogP contribution is 2.26. The number of carbonyl (C=O) groups excluding carboxylic acids is 1. The van der Waals surface area contributed by atoms with Crippen LogP contribution in [-0.2, 0) is 11.3 Å². The van der Waals surface area contributed by atoms with E-state index < -0.39 is 0 Å². The molecule has 0 atom stereocenters. The number of aliphatic imine (C=N–C) groups is 1. The second-order valence-corrected chi connectivity index (χ2v) is 8.54. The molecule has 1 aromatic rings. The van der Waals surface area contributed by atoms with Crippen LogP contribution in [0.15, 0.2) is 29.3 Å². The smallest absolute Gasteiger partial charge is 0.225 e. The number of benzene rings is 1. The van der Waals surface area contributed by atoms with Crippen LogP contribution >= 0.6 is 11.6 Å². The Kier molecular flexibility index (Phi) is 8.19. The zero-order valence-corrected chi connectivity index (χ0v) is 18.5. The first kappa shape index (κ1) is 21.9. The van der Waals surface area contributed by atoms with Crippen LogP contribution in [-0.4, -0.2) is 79.9 Å². The van der Waals surface area contributed by atoms with Gasteiger partial charge in [-0.2, -0.15) is 0 Å². The van der Waals surface area contributed by atoms with Crippen molar-refractivity contribution in [3.05, 3.63) is 34.9 Å². The number of halogens is 1. The van der Waals surface area contributed by atoms with Gasteiger partial charge >= 0.3 is 0 Å². The molecule has 2 fully saturated rings. The predicted molar refractivity (Wildman–Crippen MR) is 119 cm³/mol. The maximum atomic E-state index is 12.6. The first-order valence-electron chi connectivity index (χ1n) is 10.7. The molecule has 6 nitrogen and oxygen atoms in total. The van der Waals surface area contributed by atoms with Crippen molar-refractivity contribution in [2.24, 2.45) is 10.9 Å². The molecular formula is C22H34ClN5O. The Balaban J connectivity index is 1.36. The Morgan fingerprint density at radius 1 is 1.17 bits per heavy atom. The van der Waals surface area contributed by atoms with E-state index in [0.717, 1.165) is 69.6 Å². The van der Waals surface area contributed by atoms with Gasteiger partial charge in [-0.05, 0) is 30.5 Å². The van der Waals surface area contributed by atoms with Crippen LogP contribution in [0.2, 0.25) is 5.02 Å². The molecule has 0 unspecified atom stereocenters. The molecule has 0 bridgehead atoms. The van der Waals surface area contributed by atoms with Gasteiger partial charge in [-0.1, -0.05) is 36.6 Å². The number of amides is 1. The summed E-state index contributed by atoms with van der Waals surface area (Å²) in [6, 6.07) is 7.91. The molecule has 7 heteroatoms. The highest BCUT2D eigenvalue weighted by molar-refractivity contribution is 6.30. The molecule has 0 radical (unpaired) electrons. The lowest BCUT2D eigenvalue weighted by atomic mass is 10.1. The standard InChI is InChI=1S/C22H34ClN5O/c1-24-22(26(2)17-18-7-9-20(23)10-8-18)25-11-12-27-13-15-28(16-14-27)21(29)19-5-3-4-6-19/h7-10,19H,3-6,11-17H2,1-2H3,(H,24,25). The minimum Gasteiger partial charge on any atom is -0.355 e. The van der Waals surface area contributed by atoms with Crippen LogP contribution in [0.1, 0.15) is 31.2 Å². The van der Waals surface area contributed by atoms with Gasteiger partial charge in [0.05, 0.1) is 0 Å². The third-order valence-electron chi connectivity index (χ3n) is 6.01. The van der Waals surface area contributed by atoms with Crippen molar-refractivity contribution in [3.8, 4) is 0 Å². The van der Waals surface area contributed by atoms with E-state index in [1.165, 1.54) is 18.4 Å². The number of hydrogen-bond acceptors (Lipinski definition) is 3. The van der Waals surface area contributed by atoms with Crippen LogP contribution in [0.4, 0.5) is 0 Å². The number of carbonyl (C=O) groups is 1. The summed E-state index contributed by atoms with van der Waals surface area (Å²) in [4.78, 5) is 23.6. The number of nitrogens with one attached hydrogen (secondary N) is 1. The number of hydrogen-bond donors (Lipinski definition) is 1. The van der Waals surface area contributed by atoms with Crippen molar-refractivity contribution in [2.75, 3.05) is 53.4 Å². The lowest BCUT2D eigenvalue weighted by molar-refractivity contribution is -0.137. The number of guanidine groups is 1. The lowest BCUT2D eigenvalue weighted by Crippen LogP contribution is -2.51.